The van der Waals surface area contributed by atoms with E-state index in [1.165, 1.54) is 6.42 Å². The minimum atomic E-state index is 0.187. The Morgan fingerprint density at radius 2 is 2.18 bits per heavy atom. The summed E-state index contributed by atoms with van der Waals surface area (Å²) in [5.41, 5.74) is 0. The van der Waals surface area contributed by atoms with E-state index in [0.717, 1.165) is 38.8 Å². The summed E-state index contributed by atoms with van der Waals surface area (Å²) < 4.78 is 0. The molecular weight excluding hydrogens is 216 g/mol. The van der Waals surface area contributed by atoms with Gasteiger partial charge in [-0.2, -0.15) is 0 Å². The normalized spacial score (nSPS) is 20.9. The number of aliphatic hydroxyl groups is 1. The van der Waals surface area contributed by atoms with Gasteiger partial charge in [0.15, 0.2) is 0 Å². The second kappa shape index (κ2) is 7.67. The van der Waals surface area contributed by atoms with E-state index in [4.69, 9.17) is 5.11 Å². The Morgan fingerprint density at radius 1 is 1.41 bits per heavy atom. The fourth-order valence-corrected chi connectivity index (χ4v) is 2.47. The first-order chi connectivity index (χ1) is 8.15. The van der Waals surface area contributed by atoms with Crippen LogP contribution in [0.4, 0.5) is 0 Å². The van der Waals surface area contributed by atoms with Crippen molar-refractivity contribution in [3.63, 3.8) is 0 Å². The van der Waals surface area contributed by atoms with E-state index in [2.05, 4.69) is 4.90 Å². The van der Waals surface area contributed by atoms with Crippen molar-refractivity contribution in [2.45, 2.75) is 44.6 Å². The number of hydrogen-bond donors (Lipinski definition) is 1. The van der Waals surface area contributed by atoms with Gasteiger partial charge in [0.05, 0.1) is 0 Å². The lowest BCUT2D eigenvalue weighted by molar-refractivity contribution is -0.135. The third-order valence-electron chi connectivity index (χ3n) is 3.41. The summed E-state index contributed by atoms with van der Waals surface area (Å²) in [6.45, 7) is 2.03. The van der Waals surface area contributed by atoms with Crippen molar-refractivity contribution in [1.82, 2.24) is 9.80 Å². The molecule has 100 valence electrons. The lowest BCUT2D eigenvalue weighted by atomic mass is 9.99. The van der Waals surface area contributed by atoms with Crippen LogP contribution in [0.25, 0.3) is 0 Å². The first-order valence-electron chi connectivity index (χ1n) is 6.70. The van der Waals surface area contributed by atoms with Gasteiger partial charge in [-0.05, 0) is 52.7 Å². The Kier molecular flexibility index (Phi) is 6.52. The molecule has 0 aromatic heterocycles. The molecule has 1 aliphatic heterocycles. The minimum absolute atomic E-state index is 0.187. The highest BCUT2D eigenvalue weighted by Crippen LogP contribution is 2.20. The molecular formula is C13H26N2O2. The first-order valence-corrected chi connectivity index (χ1v) is 6.70. The van der Waals surface area contributed by atoms with E-state index in [-0.39, 0.29) is 18.6 Å². The number of carbonyl (C=O) groups excluding carboxylic acids is 1. The molecule has 0 aliphatic carbocycles. The zero-order chi connectivity index (χ0) is 12.7. The van der Waals surface area contributed by atoms with E-state index < -0.39 is 0 Å². The summed E-state index contributed by atoms with van der Waals surface area (Å²) in [4.78, 5) is 16.2. The number of piperidine rings is 1. The van der Waals surface area contributed by atoms with Crippen molar-refractivity contribution in [1.29, 1.82) is 0 Å². The van der Waals surface area contributed by atoms with Crippen LogP contribution in [-0.4, -0.2) is 60.6 Å². The van der Waals surface area contributed by atoms with Crippen LogP contribution in [0.3, 0.4) is 0 Å². The van der Waals surface area contributed by atoms with Crippen LogP contribution < -0.4 is 0 Å². The van der Waals surface area contributed by atoms with E-state index in [1.807, 2.05) is 19.0 Å². The van der Waals surface area contributed by atoms with E-state index in [9.17, 15) is 4.79 Å². The van der Waals surface area contributed by atoms with Gasteiger partial charge >= 0.3 is 0 Å². The van der Waals surface area contributed by atoms with Gasteiger partial charge in [0.1, 0.15) is 0 Å². The molecule has 0 aromatic carbocycles. The topological polar surface area (TPSA) is 43.8 Å². The molecule has 1 heterocycles. The number of rotatable bonds is 6. The van der Waals surface area contributed by atoms with Gasteiger partial charge in [-0.1, -0.05) is 0 Å². The molecule has 1 saturated heterocycles. The van der Waals surface area contributed by atoms with Gasteiger partial charge in [-0.3, -0.25) is 4.79 Å². The van der Waals surface area contributed by atoms with Crippen molar-refractivity contribution in [2.24, 2.45) is 0 Å². The molecule has 0 radical (unpaired) electrons. The number of carbonyl (C=O) groups is 1. The van der Waals surface area contributed by atoms with Crippen LogP contribution in [0.5, 0.6) is 0 Å². The molecule has 4 nitrogen and oxygen atoms in total. The van der Waals surface area contributed by atoms with Crippen LogP contribution >= 0.6 is 0 Å². The number of hydrogen-bond acceptors (Lipinski definition) is 3. The standard InChI is InChI=1S/C13H26N2O2/c1-14(2)9-5-7-13(17)15-10-4-3-6-12(15)8-11-16/h12,16H,3-11H2,1-2H3. The fourth-order valence-electron chi connectivity index (χ4n) is 2.47. The second-order valence-corrected chi connectivity index (χ2v) is 5.16. The van der Waals surface area contributed by atoms with Crippen LogP contribution in [-0.2, 0) is 4.79 Å². The maximum atomic E-state index is 12.1. The van der Waals surface area contributed by atoms with Gasteiger partial charge in [0.25, 0.3) is 0 Å². The summed E-state index contributed by atoms with van der Waals surface area (Å²) in [5.74, 6) is 0.269. The smallest absolute Gasteiger partial charge is 0.222 e. The number of aliphatic hydroxyl groups excluding tert-OH is 1. The zero-order valence-electron chi connectivity index (χ0n) is 11.2. The SMILES string of the molecule is CN(C)CCCC(=O)N1CCCCC1CCO. The molecule has 0 saturated carbocycles. The monoisotopic (exact) mass is 242 g/mol. The first kappa shape index (κ1) is 14.5. The van der Waals surface area contributed by atoms with Gasteiger partial charge in [-0.15, -0.1) is 0 Å². The maximum Gasteiger partial charge on any atom is 0.222 e. The molecule has 1 unspecified atom stereocenters. The summed E-state index contributed by atoms with van der Waals surface area (Å²) in [6.07, 6.45) is 5.65. The Morgan fingerprint density at radius 3 is 2.82 bits per heavy atom. The van der Waals surface area contributed by atoms with Crippen molar-refractivity contribution >= 4 is 5.91 Å². The predicted octanol–water partition coefficient (Wildman–Crippen LogP) is 1.09. The predicted molar refractivity (Wildman–Crippen MR) is 68.8 cm³/mol. The average molecular weight is 242 g/mol. The molecule has 1 aliphatic rings. The minimum Gasteiger partial charge on any atom is -0.396 e. The summed E-state index contributed by atoms with van der Waals surface area (Å²) in [7, 11) is 4.06. The fraction of sp³-hybridized carbons (Fsp3) is 0.923. The van der Waals surface area contributed by atoms with Gasteiger partial charge < -0.3 is 14.9 Å². The molecule has 4 heteroatoms. The van der Waals surface area contributed by atoms with E-state index in [1.54, 1.807) is 0 Å². The van der Waals surface area contributed by atoms with Crippen LogP contribution in [0.2, 0.25) is 0 Å². The molecule has 17 heavy (non-hydrogen) atoms. The van der Waals surface area contributed by atoms with Crippen molar-refractivity contribution in [3.05, 3.63) is 0 Å². The summed E-state index contributed by atoms with van der Waals surface area (Å²) in [6, 6.07) is 0.278. The van der Waals surface area contributed by atoms with Crippen LogP contribution in [0, 0.1) is 0 Å². The lowest BCUT2D eigenvalue weighted by Gasteiger charge is -2.35. The molecule has 1 N–H and O–H groups in total. The maximum absolute atomic E-state index is 12.1. The average Bonchev–Trinajstić information content (AvgIpc) is 2.29. The second-order valence-electron chi connectivity index (χ2n) is 5.16. The number of nitrogens with zero attached hydrogens (tertiary/aromatic N) is 2. The molecule has 1 amide bonds. The van der Waals surface area contributed by atoms with Crippen molar-refractivity contribution in [3.8, 4) is 0 Å². The third kappa shape index (κ3) is 5.04. The molecule has 0 bridgehead atoms. The largest absolute Gasteiger partial charge is 0.396 e. The molecule has 1 rings (SSSR count). The van der Waals surface area contributed by atoms with Gasteiger partial charge in [-0.25, -0.2) is 0 Å². The molecule has 1 fully saturated rings. The number of likely N-dealkylation sites (tertiary alicyclic amines) is 1. The van der Waals surface area contributed by atoms with E-state index >= 15 is 0 Å². The zero-order valence-corrected chi connectivity index (χ0v) is 11.2. The Bertz CT molecular complexity index is 229. The Balaban J connectivity index is 2.36. The van der Waals surface area contributed by atoms with Crippen molar-refractivity contribution < 1.29 is 9.90 Å². The quantitative estimate of drug-likeness (QED) is 0.758. The highest BCUT2D eigenvalue weighted by atomic mass is 16.3. The molecule has 1 atom stereocenters. The highest BCUT2D eigenvalue weighted by molar-refractivity contribution is 5.76. The molecule has 0 aromatic rings. The van der Waals surface area contributed by atoms with Gasteiger partial charge in [0.2, 0.25) is 5.91 Å². The van der Waals surface area contributed by atoms with Crippen LogP contribution in [0.1, 0.15) is 38.5 Å². The van der Waals surface area contributed by atoms with Crippen molar-refractivity contribution in [2.75, 3.05) is 33.8 Å². The lowest BCUT2D eigenvalue weighted by Crippen LogP contribution is -2.44. The third-order valence-corrected chi connectivity index (χ3v) is 3.41. The van der Waals surface area contributed by atoms with Crippen LogP contribution in [0.15, 0.2) is 0 Å². The summed E-state index contributed by atoms with van der Waals surface area (Å²) >= 11 is 0. The Hall–Kier alpha value is -0.610. The Labute approximate surface area is 105 Å². The highest BCUT2D eigenvalue weighted by Gasteiger charge is 2.25. The van der Waals surface area contributed by atoms with Gasteiger partial charge in [0, 0.05) is 25.6 Å². The summed E-state index contributed by atoms with van der Waals surface area (Å²) in [5, 5.41) is 9.02. The number of amides is 1. The molecule has 0 spiro atoms. The van der Waals surface area contributed by atoms with E-state index in [0.29, 0.717) is 6.42 Å².